The lowest BCUT2D eigenvalue weighted by Crippen LogP contribution is -2.37. The van der Waals surface area contributed by atoms with Gasteiger partial charge in [0.1, 0.15) is 5.82 Å². The monoisotopic (exact) mass is 473 g/mol. The van der Waals surface area contributed by atoms with E-state index in [0.29, 0.717) is 33.8 Å². The number of carbonyl (C=O) groups excluding carboxylic acids is 1. The van der Waals surface area contributed by atoms with Crippen molar-refractivity contribution in [1.82, 2.24) is 9.97 Å². The van der Waals surface area contributed by atoms with E-state index in [1.807, 2.05) is 24.3 Å². The standard InChI is InChI=1S/C22H24BrN3O2S/c1-11(2)29-21-25-19-18(20(28)26-21)16(12-7-5-6-8-13(12)23)17-14(24-19)9-22(3,4)10-15(17)27/h5-8,11,16H,9-10H2,1-4H3,(H2,24,25,26,28). The predicted octanol–water partition coefficient (Wildman–Crippen LogP) is 5.23. The van der Waals surface area contributed by atoms with E-state index < -0.39 is 5.92 Å². The van der Waals surface area contributed by atoms with Crippen LogP contribution in [0.1, 0.15) is 57.6 Å². The number of hydrogen-bond acceptors (Lipinski definition) is 5. The van der Waals surface area contributed by atoms with Crippen LogP contribution in [0.25, 0.3) is 0 Å². The van der Waals surface area contributed by atoms with Gasteiger partial charge in [-0.2, -0.15) is 0 Å². The number of ketones is 1. The van der Waals surface area contributed by atoms with E-state index in [0.717, 1.165) is 22.2 Å². The predicted molar refractivity (Wildman–Crippen MR) is 121 cm³/mol. The summed E-state index contributed by atoms with van der Waals surface area (Å²) in [5, 5.41) is 4.24. The van der Waals surface area contributed by atoms with E-state index in [1.54, 1.807) is 0 Å². The molecule has 1 aliphatic heterocycles. The van der Waals surface area contributed by atoms with Crippen molar-refractivity contribution in [3.8, 4) is 0 Å². The van der Waals surface area contributed by atoms with Crippen molar-refractivity contribution in [2.24, 2.45) is 5.41 Å². The van der Waals surface area contributed by atoms with E-state index in [2.05, 4.69) is 53.9 Å². The number of nitrogens with zero attached hydrogens (tertiary/aromatic N) is 1. The number of nitrogens with one attached hydrogen (secondary N) is 2. The number of allylic oxidation sites excluding steroid dienone is 2. The molecule has 1 aromatic carbocycles. The molecule has 0 fully saturated rings. The third-order valence-electron chi connectivity index (χ3n) is 5.26. The molecule has 0 saturated carbocycles. The molecular weight excluding hydrogens is 450 g/mol. The van der Waals surface area contributed by atoms with Gasteiger partial charge in [-0.1, -0.05) is 73.6 Å². The molecule has 1 aliphatic carbocycles. The molecule has 1 atom stereocenters. The molecule has 0 saturated heterocycles. The summed E-state index contributed by atoms with van der Waals surface area (Å²) in [6.07, 6.45) is 1.21. The van der Waals surface area contributed by atoms with Crippen LogP contribution in [0.4, 0.5) is 5.82 Å². The van der Waals surface area contributed by atoms with Crippen molar-refractivity contribution >= 4 is 39.3 Å². The Kier molecular flexibility index (Phi) is 5.23. The number of Topliss-reactive ketones (excluding diaryl/α,β-unsaturated/α-hetero) is 1. The lowest BCUT2D eigenvalue weighted by molar-refractivity contribution is -0.118. The normalized spacial score (nSPS) is 20.3. The third-order valence-corrected chi connectivity index (χ3v) is 6.87. The highest BCUT2D eigenvalue weighted by Gasteiger charge is 2.42. The number of anilines is 1. The topological polar surface area (TPSA) is 74.8 Å². The minimum atomic E-state index is -0.435. The van der Waals surface area contributed by atoms with Crippen LogP contribution in [-0.2, 0) is 4.79 Å². The third kappa shape index (κ3) is 3.82. The fourth-order valence-corrected chi connectivity index (χ4v) is 5.45. The van der Waals surface area contributed by atoms with Gasteiger partial charge in [-0.3, -0.25) is 9.59 Å². The minimum Gasteiger partial charge on any atom is -0.343 e. The van der Waals surface area contributed by atoms with Crippen LogP contribution in [0.2, 0.25) is 0 Å². The molecule has 4 rings (SSSR count). The molecule has 0 radical (unpaired) electrons. The van der Waals surface area contributed by atoms with Gasteiger partial charge in [0, 0.05) is 33.3 Å². The number of fused-ring (bicyclic) bond motifs is 1. The molecule has 1 unspecified atom stereocenters. The first-order valence-electron chi connectivity index (χ1n) is 9.75. The Morgan fingerprint density at radius 1 is 1.21 bits per heavy atom. The smallest absolute Gasteiger partial charge is 0.257 e. The number of thioether (sulfide) groups is 1. The Morgan fingerprint density at radius 2 is 1.93 bits per heavy atom. The van der Waals surface area contributed by atoms with Crippen molar-refractivity contribution in [2.75, 3.05) is 5.32 Å². The molecule has 7 heteroatoms. The number of halogens is 1. The number of aromatic nitrogens is 2. The Bertz CT molecular complexity index is 1090. The zero-order valence-corrected chi connectivity index (χ0v) is 19.3. The Hall–Kier alpha value is -1.86. The second kappa shape index (κ2) is 7.43. The Morgan fingerprint density at radius 3 is 2.62 bits per heavy atom. The first-order chi connectivity index (χ1) is 13.7. The molecule has 152 valence electrons. The second-order valence-corrected chi connectivity index (χ2v) is 11.1. The average Bonchev–Trinajstić information content (AvgIpc) is 2.58. The van der Waals surface area contributed by atoms with E-state index in [4.69, 9.17) is 4.98 Å². The van der Waals surface area contributed by atoms with Crippen LogP contribution in [-0.4, -0.2) is 21.0 Å². The molecule has 0 spiro atoms. The number of H-pyrrole nitrogens is 1. The summed E-state index contributed by atoms with van der Waals surface area (Å²) < 4.78 is 0.877. The maximum atomic E-state index is 13.2. The summed E-state index contributed by atoms with van der Waals surface area (Å²) in [5.41, 5.74) is 2.67. The van der Waals surface area contributed by atoms with Crippen molar-refractivity contribution in [1.29, 1.82) is 0 Å². The molecule has 2 aromatic rings. The maximum Gasteiger partial charge on any atom is 0.257 e. The average molecular weight is 474 g/mol. The number of hydrogen-bond donors (Lipinski definition) is 2. The van der Waals surface area contributed by atoms with E-state index in [-0.39, 0.29) is 16.8 Å². The molecule has 5 nitrogen and oxygen atoms in total. The van der Waals surface area contributed by atoms with Crippen LogP contribution in [0.5, 0.6) is 0 Å². The van der Waals surface area contributed by atoms with Gasteiger partial charge in [0.15, 0.2) is 10.9 Å². The van der Waals surface area contributed by atoms with Crippen molar-refractivity contribution in [2.45, 2.75) is 56.9 Å². The molecule has 2 aliphatic rings. The SMILES string of the molecule is CC(C)Sc1nc2c(c(=O)[nH]1)C(c1ccccc1Br)C1=C(CC(C)(C)CC1=O)N2. The lowest BCUT2D eigenvalue weighted by Gasteiger charge is -2.38. The summed E-state index contributed by atoms with van der Waals surface area (Å²) in [7, 11) is 0. The number of benzene rings is 1. The highest BCUT2D eigenvalue weighted by molar-refractivity contribution is 9.10. The largest absolute Gasteiger partial charge is 0.343 e. The first-order valence-corrected chi connectivity index (χ1v) is 11.4. The number of carbonyl (C=O) groups is 1. The van der Waals surface area contributed by atoms with Crippen LogP contribution in [0, 0.1) is 5.41 Å². The van der Waals surface area contributed by atoms with Crippen molar-refractivity contribution < 1.29 is 4.79 Å². The lowest BCUT2D eigenvalue weighted by atomic mass is 9.69. The first kappa shape index (κ1) is 20.4. The minimum absolute atomic E-state index is 0.0928. The zero-order valence-electron chi connectivity index (χ0n) is 16.9. The fourth-order valence-electron chi connectivity index (χ4n) is 4.19. The number of aromatic amines is 1. The molecule has 29 heavy (non-hydrogen) atoms. The Balaban J connectivity index is 1.96. The van der Waals surface area contributed by atoms with Gasteiger partial charge in [-0.15, -0.1) is 0 Å². The highest BCUT2D eigenvalue weighted by atomic mass is 79.9. The summed E-state index contributed by atoms with van der Waals surface area (Å²) in [6, 6.07) is 7.78. The quantitative estimate of drug-likeness (QED) is 0.471. The van der Waals surface area contributed by atoms with Crippen LogP contribution < -0.4 is 10.9 Å². The summed E-state index contributed by atoms with van der Waals surface area (Å²) in [6.45, 7) is 8.32. The molecule has 2 N–H and O–H groups in total. The van der Waals surface area contributed by atoms with Gasteiger partial charge < -0.3 is 10.3 Å². The summed E-state index contributed by atoms with van der Waals surface area (Å²) >= 11 is 5.14. The maximum absolute atomic E-state index is 13.2. The van der Waals surface area contributed by atoms with Gasteiger partial charge >= 0.3 is 0 Å². The fraction of sp³-hybridized carbons (Fsp3) is 0.409. The van der Waals surface area contributed by atoms with Crippen molar-refractivity contribution in [3.05, 3.63) is 61.5 Å². The summed E-state index contributed by atoms with van der Waals surface area (Å²) in [4.78, 5) is 34.0. The van der Waals surface area contributed by atoms with Gasteiger partial charge in [0.05, 0.1) is 5.56 Å². The molecule has 1 aromatic heterocycles. The van der Waals surface area contributed by atoms with E-state index in [9.17, 15) is 9.59 Å². The molecule has 0 bridgehead atoms. The van der Waals surface area contributed by atoms with Crippen LogP contribution in [0.15, 0.2) is 50.0 Å². The van der Waals surface area contributed by atoms with Crippen molar-refractivity contribution in [3.63, 3.8) is 0 Å². The summed E-state index contributed by atoms with van der Waals surface area (Å²) in [5.74, 6) is 0.215. The van der Waals surface area contributed by atoms with Gasteiger partial charge in [0.25, 0.3) is 5.56 Å². The highest BCUT2D eigenvalue weighted by Crippen LogP contribution is 2.48. The second-order valence-electron chi connectivity index (χ2n) is 8.71. The van der Waals surface area contributed by atoms with Gasteiger partial charge in [0.2, 0.25) is 0 Å². The van der Waals surface area contributed by atoms with E-state index >= 15 is 0 Å². The van der Waals surface area contributed by atoms with Gasteiger partial charge in [-0.05, 0) is 23.5 Å². The number of rotatable bonds is 3. The molecule has 0 amide bonds. The molecule has 2 heterocycles. The van der Waals surface area contributed by atoms with Crippen LogP contribution >= 0.6 is 27.7 Å². The van der Waals surface area contributed by atoms with E-state index in [1.165, 1.54) is 11.8 Å². The molecular formula is C22H24BrN3O2S. The Labute approximate surface area is 182 Å². The zero-order chi connectivity index (χ0) is 20.9. The van der Waals surface area contributed by atoms with Gasteiger partial charge in [-0.25, -0.2) is 4.98 Å². The van der Waals surface area contributed by atoms with Crippen LogP contribution in [0.3, 0.4) is 0 Å².